The molecule has 0 aliphatic heterocycles. The van der Waals surface area contributed by atoms with Crippen LogP contribution in [0.25, 0.3) is 0 Å². The summed E-state index contributed by atoms with van der Waals surface area (Å²) in [5.74, 6) is 0.137. The molecule has 0 spiro atoms. The summed E-state index contributed by atoms with van der Waals surface area (Å²) in [7, 11) is 4.03. The first-order chi connectivity index (χ1) is 25.8. The third-order valence-electron chi connectivity index (χ3n) is 11.2. The fourth-order valence-corrected chi connectivity index (χ4v) is 7.14. The number of nitrogens with zero attached hydrogens (tertiary/aromatic N) is 1. The van der Waals surface area contributed by atoms with Crippen LogP contribution in [0.15, 0.2) is 0 Å². The van der Waals surface area contributed by atoms with Crippen LogP contribution >= 0.6 is 0 Å². The van der Waals surface area contributed by atoms with Gasteiger partial charge < -0.3 is 19.1 Å². The summed E-state index contributed by atoms with van der Waals surface area (Å²) in [5.41, 5.74) is -1.06. The molecule has 7 nitrogen and oxygen atoms in total. The van der Waals surface area contributed by atoms with E-state index >= 15 is 0 Å². The Morgan fingerprint density at radius 2 is 0.944 bits per heavy atom. The lowest BCUT2D eigenvalue weighted by atomic mass is 9.86. The molecule has 54 heavy (non-hydrogen) atoms. The Kier molecular flexibility index (Phi) is 32.5. The lowest BCUT2D eigenvalue weighted by molar-refractivity contribution is -0.156. The van der Waals surface area contributed by atoms with E-state index in [0.29, 0.717) is 25.6 Å². The number of rotatable bonds is 38. The highest BCUT2D eigenvalue weighted by Crippen LogP contribution is 2.29. The highest BCUT2D eigenvalue weighted by molar-refractivity contribution is 5.76. The maximum Gasteiger partial charge on any atom is 0.311 e. The van der Waals surface area contributed by atoms with Crippen molar-refractivity contribution in [1.29, 1.82) is 0 Å². The normalized spacial score (nSPS) is 13.2. The van der Waals surface area contributed by atoms with Crippen molar-refractivity contribution in [2.45, 2.75) is 234 Å². The molecule has 0 bridgehead atoms. The molecule has 0 radical (unpaired) electrons. The molecule has 0 aromatic carbocycles. The van der Waals surface area contributed by atoms with E-state index in [2.05, 4.69) is 25.7 Å². The van der Waals surface area contributed by atoms with Crippen molar-refractivity contribution < 1.29 is 28.6 Å². The van der Waals surface area contributed by atoms with Gasteiger partial charge in [-0.05, 0) is 118 Å². The topological polar surface area (TPSA) is 82.1 Å². The summed E-state index contributed by atoms with van der Waals surface area (Å²) in [4.78, 5) is 41.0. The van der Waals surface area contributed by atoms with E-state index in [1.807, 2.05) is 41.8 Å². The molecule has 0 aliphatic rings. The van der Waals surface area contributed by atoms with Crippen molar-refractivity contribution >= 4 is 17.9 Å². The Morgan fingerprint density at radius 3 is 1.46 bits per heavy atom. The lowest BCUT2D eigenvalue weighted by Gasteiger charge is -2.25. The SMILES string of the molecule is CCCCCCCCCCOC(=O)C(C)(C)CCCCC(CCCCC(C)(C)C(=O)OCC(CCCCC)CCCCCCC)OC(=O)CCCN(C)C. The van der Waals surface area contributed by atoms with Gasteiger partial charge in [-0.3, -0.25) is 14.4 Å². The van der Waals surface area contributed by atoms with Gasteiger partial charge in [0.1, 0.15) is 6.10 Å². The molecule has 0 saturated heterocycles. The number of esters is 3. The minimum absolute atomic E-state index is 0.0863. The zero-order valence-corrected chi connectivity index (χ0v) is 37.5. The van der Waals surface area contributed by atoms with E-state index < -0.39 is 10.8 Å². The zero-order valence-electron chi connectivity index (χ0n) is 37.5. The minimum Gasteiger partial charge on any atom is -0.465 e. The molecule has 0 aliphatic carbocycles. The summed E-state index contributed by atoms with van der Waals surface area (Å²) in [6.45, 7) is 16.6. The maximum absolute atomic E-state index is 13.3. The van der Waals surface area contributed by atoms with Crippen molar-refractivity contribution in [2.75, 3.05) is 33.9 Å². The van der Waals surface area contributed by atoms with E-state index in [0.717, 1.165) is 90.0 Å². The molecule has 0 aromatic rings. The van der Waals surface area contributed by atoms with Crippen molar-refractivity contribution in [3.63, 3.8) is 0 Å². The summed E-state index contributed by atoms with van der Waals surface area (Å²) in [5, 5.41) is 0. The second-order valence-corrected chi connectivity index (χ2v) is 18.1. The van der Waals surface area contributed by atoms with Gasteiger partial charge in [0.15, 0.2) is 0 Å². The Labute approximate surface area is 335 Å². The van der Waals surface area contributed by atoms with Crippen LogP contribution in [0.3, 0.4) is 0 Å². The van der Waals surface area contributed by atoms with Gasteiger partial charge in [-0.2, -0.15) is 0 Å². The van der Waals surface area contributed by atoms with Gasteiger partial charge in [-0.15, -0.1) is 0 Å². The van der Waals surface area contributed by atoms with Crippen LogP contribution < -0.4 is 0 Å². The van der Waals surface area contributed by atoms with Crippen molar-refractivity contribution in [3.8, 4) is 0 Å². The second-order valence-electron chi connectivity index (χ2n) is 18.1. The molecule has 0 heterocycles. The molecular formula is C47H91NO6. The Hall–Kier alpha value is -1.63. The minimum atomic E-state index is -0.540. The van der Waals surface area contributed by atoms with Crippen LogP contribution in [0.2, 0.25) is 0 Å². The van der Waals surface area contributed by atoms with Crippen LogP contribution in [-0.2, 0) is 28.6 Å². The standard InChI is InChI=1S/C47H91NO6/c1-10-13-16-18-19-20-22-29-39-52-44(50)46(4,5)36-27-25-33-42(54-43(49)35-30-38-48(8)9)34-26-28-37-47(6,7)45(51)53-40-41(31-23-15-12-3)32-24-21-17-14-11-2/h41-42H,10-40H2,1-9H3. The van der Waals surface area contributed by atoms with E-state index in [1.165, 1.54) is 89.9 Å². The quantitative estimate of drug-likeness (QED) is 0.0352. The van der Waals surface area contributed by atoms with Crippen molar-refractivity contribution in [3.05, 3.63) is 0 Å². The van der Waals surface area contributed by atoms with Gasteiger partial charge in [-0.1, -0.05) is 130 Å². The summed E-state index contributed by atoms with van der Waals surface area (Å²) in [6.07, 6.45) is 29.8. The third kappa shape index (κ3) is 29.6. The second kappa shape index (κ2) is 33.5. The molecule has 7 heteroatoms. The van der Waals surface area contributed by atoms with Gasteiger partial charge in [0.25, 0.3) is 0 Å². The first kappa shape index (κ1) is 52.4. The first-order valence-electron chi connectivity index (χ1n) is 23.0. The van der Waals surface area contributed by atoms with E-state index in [4.69, 9.17) is 14.2 Å². The van der Waals surface area contributed by atoms with Gasteiger partial charge in [0, 0.05) is 6.42 Å². The molecular weight excluding hydrogens is 675 g/mol. The molecule has 2 unspecified atom stereocenters. The summed E-state index contributed by atoms with van der Waals surface area (Å²) >= 11 is 0. The average Bonchev–Trinajstić information content (AvgIpc) is 3.12. The Balaban J connectivity index is 4.85. The smallest absolute Gasteiger partial charge is 0.311 e. The predicted octanol–water partition coefficient (Wildman–Crippen LogP) is 13.2. The highest BCUT2D eigenvalue weighted by atomic mass is 16.5. The largest absolute Gasteiger partial charge is 0.465 e. The van der Waals surface area contributed by atoms with Gasteiger partial charge in [0.2, 0.25) is 0 Å². The van der Waals surface area contributed by atoms with E-state index in [-0.39, 0.29) is 24.0 Å². The number of unbranched alkanes of at least 4 members (excludes halogenated alkanes) is 15. The number of carbonyl (C=O) groups is 3. The molecule has 0 rings (SSSR count). The molecule has 2 atom stereocenters. The fourth-order valence-electron chi connectivity index (χ4n) is 7.14. The Morgan fingerprint density at radius 1 is 0.519 bits per heavy atom. The third-order valence-corrected chi connectivity index (χ3v) is 11.2. The number of hydrogen-bond acceptors (Lipinski definition) is 7. The molecule has 320 valence electrons. The van der Waals surface area contributed by atoms with Crippen LogP contribution in [0, 0.1) is 16.7 Å². The number of carbonyl (C=O) groups excluding carboxylic acids is 3. The predicted molar refractivity (Wildman–Crippen MR) is 228 cm³/mol. The molecule has 0 aromatic heterocycles. The number of hydrogen-bond donors (Lipinski definition) is 0. The van der Waals surface area contributed by atoms with E-state index in [9.17, 15) is 14.4 Å². The lowest BCUT2D eigenvalue weighted by Crippen LogP contribution is -2.28. The first-order valence-corrected chi connectivity index (χ1v) is 23.0. The van der Waals surface area contributed by atoms with Crippen molar-refractivity contribution in [1.82, 2.24) is 4.90 Å². The van der Waals surface area contributed by atoms with Gasteiger partial charge >= 0.3 is 17.9 Å². The van der Waals surface area contributed by atoms with Crippen LogP contribution in [0.5, 0.6) is 0 Å². The monoisotopic (exact) mass is 766 g/mol. The fraction of sp³-hybridized carbons (Fsp3) is 0.936. The van der Waals surface area contributed by atoms with Crippen LogP contribution in [0.1, 0.15) is 228 Å². The van der Waals surface area contributed by atoms with Crippen molar-refractivity contribution in [2.24, 2.45) is 16.7 Å². The molecule has 0 saturated carbocycles. The summed E-state index contributed by atoms with van der Waals surface area (Å²) in [6, 6.07) is 0. The molecule has 0 fully saturated rings. The highest BCUT2D eigenvalue weighted by Gasteiger charge is 2.31. The molecule has 0 amide bonds. The zero-order chi connectivity index (χ0) is 40.5. The summed E-state index contributed by atoms with van der Waals surface area (Å²) < 4.78 is 17.7. The van der Waals surface area contributed by atoms with Gasteiger partial charge in [0.05, 0.1) is 24.0 Å². The number of ether oxygens (including phenoxy) is 3. The van der Waals surface area contributed by atoms with Crippen LogP contribution in [0.4, 0.5) is 0 Å². The van der Waals surface area contributed by atoms with Crippen LogP contribution in [-0.4, -0.2) is 62.8 Å². The Bertz CT molecular complexity index is 916. The average molecular weight is 766 g/mol. The van der Waals surface area contributed by atoms with Gasteiger partial charge in [-0.25, -0.2) is 0 Å². The molecule has 0 N–H and O–H groups in total. The van der Waals surface area contributed by atoms with E-state index in [1.54, 1.807) is 0 Å². The maximum atomic E-state index is 13.3.